The summed E-state index contributed by atoms with van der Waals surface area (Å²) in [7, 11) is 0. The number of hydrogen-bond acceptors (Lipinski definition) is 3. The van der Waals surface area contributed by atoms with Crippen molar-refractivity contribution in [2.24, 2.45) is 0 Å². The first-order valence-electron chi connectivity index (χ1n) is 3.06. The van der Waals surface area contributed by atoms with E-state index >= 15 is 0 Å². The topological polar surface area (TPSA) is 104 Å². The molecule has 6 heteroatoms. The Kier molecular flexibility index (Phi) is 2.78. The number of carboxylic acids is 2. The molecule has 3 N–H and O–H groups in total. The quantitative estimate of drug-likeness (QED) is 0.480. The average molecular weight is 175 g/mol. The summed E-state index contributed by atoms with van der Waals surface area (Å²) in [6.07, 6.45) is 0. The average Bonchev–Trinajstić information content (AvgIpc) is 1.84. The van der Waals surface area contributed by atoms with E-state index in [1.165, 1.54) is 0 Å². The predicted molar refractivity (Wildman–Crippen MR) is 37.5 cm³/mol. The maximum Gasteiger partial charge on any atom is 0.340 e. The van der Waals surface area contributed by atoms with E-state index in [0.29, 0.717) is 0 Å². The molecule has 0 aliphatic carbocycles. The first kappa shape index (κ1) is 10.4. The highest BCUT2D eigenvalue weighted by Crippen LogP contribution is 2.03. The number of carbonyl (C=O) groups excluding carboxylic acids is 1. The van der Waals surface area contributed by atoms with Crippen LogP contribution in [-0.2, 0) is 14.4 Å². The Labute approximate surface area is 68.2 Å². The highest BCUT2D eigenvalue weighted by atomic mass is 16.4. The van der Waals surface area contributed by atoms with Gasteiger partial charge in [-0.2, -0.15) is 0 Å². The Hall–Kier alpha value is -1.59. The molecule has 0 bridgehead atoms. The zero-order valence-electron chi connectivity index (χ0n) is 6.62. The molecule has 0 unspecified atom stereocenters. The van der Waals surface area contributed by atoms with Crippen LogP contribution in [0, 0.1) is 0 Å². The Bertz CT molecular complexity index is 220. The lowest BCUT2D eigenvalue weighted by atomic mass is 10.0. The van der Waals surface area contributed by atoms with E-state index in [1.807, 2.05) is 5.32 Å². The van der Waals surface area contributed by atoms with Crippen LogP contribution in [0.5, 0.6) is 0 Å². The van der Waals surface area contributed by atoms with Crippen LogP contribution in [-0.4, -0.2) is 33.6 Å². The highest BCUT2D eigenvalue weighted by Gasteiger charge is 2.42. The third-order valence-corrected chi connectivity index (χ3v) is 1.28. The van der Waals surface area contributed by atoms with E-state index in [4.69, 9.17) is 10.2 Å². The van der Waals surface area contributed by atoms with Gasteiger partial charge in [-0.25, -0.2) is 9.59 Å². The molecule has 0 atom stereocenters. The number of carboxylic acid groups (broad SMARTS) is 2. The predicted octanol–water partition coefficient (Wildman–Crippen LogP) is -0.950. The molecular weight excluding hydrogens is 166 g/mol. The van der Waals surface area contributed by atoms with Crippen LogP contribution in [0.4, 0.5) is 0 Å². The molecule has 0 fully saturated rings. The van der Waals surface area contributed by atoms with Gasteiger partial charge in [0.1, 0.15) is 0 Å². The summed E-state index contributed by atoms with van der Waals surface area (Å²) in [5.74, 6) is -3.92. The van der Waals surface area contributed by atoms with Gasteiger partial charge in [0.25, 0.3) is 0 Å². The summed E-state index contributed by atoms with van der Waals surface area (Å²) in [6.45, 7) is 1.95. The largest absolute Gasteiger partial charge is 0.479 e. The summed E-state index contributed by atoms with van der Waals surface area (Å²) in [6, 6.07) is 0. The molecule has 0 radical (unpaired) electrons. The maximum absolute atomic E-state index is 10.4. The van der Waals surface area contributed by atoms with Gasteiger partial charge < -0.3 is 15.5 Å². The molecule has 0 aromatic rings. The lowest BCUT2D eigenvalue weighted by molar-refractivity contribution is -0.159. The zero-order chi connectivity index (χ0) is 9.94. The molecule has 0 rings (SSSR count). The minimum atomic E-state index is -2.24. The van der Waals surface area contributed by atoms with Gasteiger partial charge >= 0.3 is 11.9 Å². The van der Waals surface area contributed by atoms with Gasteiger partial charge in [-0.05, 0) is 6.92 Å². The Morgan fingerprint density at radius 2 is 1.50 bits per heavy atom. The smallest absolute Gasteiger partial charge is 0.340 e. The number of amides is 1. The molecule has 68 valence electrons. The van der Waals surface area contributed by atoms with E-state index in [-0.39, 0.29) is 0 Å². The van der Waals surface area contributed by atoms with Crippen LogP contribution < -0.4 is 5.32 Å². The second-order valence-corrected chi connectivity index (χ2v) is 2.42. The fourth-order valence-corrected chi connectivity index (χ4v) is 0.550. The lowest BCUT2D eigenvalue weighted by Gasteiger charge is -2.19. The maximum atomic E-state index is 10.4. The normalized spacial score (nSPS) is 10.5. The fraction of sp³-hybridized carbons (Fsp3) is 0.500. The van der Waals surface area contributed by atoms with Crippen molar-refractivity contribution >= 4 is 17.8 Å². The Balaban J connectivity index is 4.75. The van der Waals surface area contributed by atoms with E-state index < -0.39 is 23.4 Å². The van der Waals surface area contributed by atoms with Crippen molar-refractivity contribution in [1.29, 1.82) is 0 Å². The SMILES string of the molecule is CC(=O)NC(C)(C(=O)O)C(=O)O. The third kappa shape index (κ3) is 1.94. The summed E-state index contributed by atoms with van der Waals surface area (Å²) in [5.41, 5.74) is -2.24. The molecule has 0 aliphatic rings. The van der Waals surface area contributed by atoms with Crippen molar-refractivity contribution in [1.82, 2.24) is 5.32 Å². The van der Waals surface area contributed by atoms with Crippen LogP contribution in [0.15, 0.2) is 0 Å². The van der Waals surface area contributed by atoms with Crippen molar-refractivity contribution in [2.75, 3.05) is 0 Å². The van der Waals surface area contributed by atoms with Gasteiger partial charge in [0.05, 0.1) is 0 Å². The minimum absolute atomic E-state index is 0.706. The van der Waals surface area contributed by atoms with E-state index in [1.54, 1.807) is 0 Å². The van der Waals surface area contributed by atoms with Crippen molar-refractivity contribution in [3.05, 3.63) is 0 Å². The lowest BCUT2D eigenvalue weighted by Crippen LogP contribution is -2.57. The number of aliphatic carboxylic acids is 2. The second-order valence-electron chi connectivity index (χ2n) is 2.42. The third-order valence-electron chi connectivity index (χ3n) is 1.28. The van der Waals surface area contributed by atoms with E-state index in [9.17, 15) is 14.4 Å². The Morgan fingerprint density at radius 3 is 1.58 bits per heavy atom. The molecule has 1 amide bonds. The molecule has 0 spiro atoms. The Morgan fingerprint density at radius 1 is 1.17 bits per heavy atom. The zero-order valence-corrected chi connectivity index (χ0v) is 6.62. The van der Waals surface area contributed by atoms with Crippen molar-refractivity contribution in [2.45, 2.75) is 19.4 Å². The van der Waals surface area contributed by atoms with Gasteiger partial charge in [0.2, 0.25) is 11.4 Å². The fourth-order valence-electron chi connectivity index (χ4n) is 0.550. The molecule has 0 heterocycles. The standard InChI is InChI=1S/C6H9NO5/c1-3(8)7-6(2,4(9)10)5(11)12/h1-2H3,(H,7,8)(H,9,10)(H,11,12). The van der Waals surface area contributed by atoms with Crippen LogP contribution in [0.1, 0.15) is 13.8 Å². The van der Waals surface area contributed by atoms with Gasteiger partial charge in [-0.1, -0.05) is 0 Å². The molecular formula is C6H9NO5. The molecule has 0 aliphatic heterocycles. The first-order valence-corrected chi connectivity index (χ1v) is 3.06. The van der Waals surface area contributed by atoms with Crippen molar-refractivity contribution < 1.29 is 24.6 Å². The van der Waals surface area contributed by atoms with Crippen LogP contribution in [0.25, 0.3) is 0 Å². The summed E-state index contributed by atoms with van der Waals surface area (Å²) >= 11 is 0. The molecule has 0 saturated carbocycles. The number of hydrogen-bond donors (Lipinski definition) is 3. The van der Waals surface area contributed by atoms with E-state index in [2.05, 4.69) is 0 Å². The molecule has 6 nitrogen and oxygen atoms in total. The van der Waals surface area contributed by atoms with Crippen LogP contribution >= 0.6 is 0 Å². The van der Waals surface area contributed by atoms with Crippen molar-refractivity contribution in [3.8, 4) is 0 Å². The number of rotatable bonds is 3. The molecule has 0 saturated heterocycles. The molecule has 0 aromatic heterocycles. The van der Waals surface area contributed by atoms with Crippen LogP contribution in [0.3, 0.4) is 0 Å². The number of nitrogens with one attached hydrogen (secondary N) is 1. The van der Waals surface area contributed by atoms with Gasteiger partial charge in [-0.3, -0.25) is 4.79 Å². The second kappa shape index (κ2) is 3.21. The number of carbonyl (C=O) groups is 3. The van der Waals surface area contributed by atoms with Gasteiger partial charge in [-0.15, -0.1) is 0 Å². The van der Waals surface area contributed by atoms with Gasteiger partial charge in [0.15, 0.2) is 0 Å². The molecule has 12 heavy (non-hydrogen) atoms. The van der Waals surface area contributed by atoms with Crippen LogP contribution in [0.2, 0.25) is 0 Å². The van der Waals surface area contributed by atoms with Crippen molar-refractivity contribution in [3.63, 3.8) is 0 Å². The highest BCUT2D eigenvalue weighted by molar-refractivity contribution is 6.05. The molecule has 0 aromatic carbocycles. The van der Waals surface area contributed by atoms with E-state index in [0.717, 1.165) is 13.8 Å². The summed E-state index contributed by atoms with van der Waals surface area (Å²) < 4.78 is 0. The first-order chi connectivity index (χ1) is 5.30. The minimum Gasteiger partial charge on any atom is -0.479 e. The summed E-state index contributed by atoms with van der Waals surface area (Å²) in [4.78, 5) is 31.2. The summed E-state index contributed by atoms with van der Waals surface area (Å²) in [5, 5.41) is 18.7. The monoisotopic (exact) mass is 175 g/mol. The van der Waals surface area contributed by atoms with Gasteiger partial charge in [0, 0.05) is 6.92 Å².